The molecule has 22 nitrogen and oxygen atoms in total. The van der Waals surface area contributed by atoms with Crippen molar-refractivity contribution in [3.8, 4) is 0 Å². The average molecular weight is 658 g/mol. The van der Waals surface area contributed by atoms with Crippen molar-refractivity contribution in [2.45, 2.75) is 49.1 Å². The van der Waals surface area contributed by atoms with Crippen LogP contribution in [0.25, 0.3) is 22.3 Å². The molecule has 7 rings (SSSR count). The monoisotopic (exact) mass is 658 g/mol. The van der Waals surface area contributed by atoms with E-state index in [0.717, 1.165) is 12.7 Å². The number of phosphoric ester groups is 2. The maximum Gasteiger partial charge on any atom is 0.472 e. The van der Waals surface area contributed by atoms with Crippen molar-refractivity contribution in [3.63, 3.8) is 0 Å². The quantitative estimate of drug-likeness (QED) is 0.132. The van der Waals surface area contributed by atoms with E-state index >= 15 is 0 Å². The number of aromatic nitrogens is 8. The standard InChI is InChI=1S/C20H24N10O12P2/c21-15-9-17(25-3-23-15)29(5-27-9)19-11(31)13-7(39-19)1-37-43(33,34)42-14-8(2-38-44(35,36)41-13)40-20(12(14)32)30-6-28-10-16(22)24-4-26-18(10)30/h3-8,11-14,19-20,31-32H,1-2H2,(H,33,34)(H,35,36)(H2,21,23,25)(H2,22,24,26)/t7-,8-,11-,12+,13+,14+,19+,20+/m0/s1. The molecular formula is C20H24N10O12P2. The second-order valence-corrected chi connectivity index (χ2v) is 12.8. The highest BCUT2D eigenvalue weighted by molar-refractivity contribution is 7.47. The Morgan fingerprint density at radius 2 is 1.11 bits per heavy atom. The summed E-state index contributed by atoms with van der Waals surface area (Å²) in [5, 5.41) is 22.2. The minimum Gasteiger partial charge on any atom is -0.386 e. The van der Waals surface area contributed by atoms with Crippen molar-refractivity contribution in [1.29, 1.82) is 0 Å². The van der Waals surface area contributed by atoms with Crippen LogP contribution >= 0.6 is 15.6 Å². The molecule has 3 fully saturated rings. The number of imidazole rings is 2. The number of hydrogen-bond donors (Lipinski definition) is 6. The number of ether oxygens (including phenoxy) is 2. The minimum atomic E-state index is -5.00. The Morgan fingerprint density at radius 1 is 0.705 bits per heavy atom. The van der Waals surface area contributed by atoms with E-state index in [1.807, 2.05) is 0 Å². The summed E-state index contributed by atoms with van der Waals surface area (Å²) in [5.41, 5.74) is 12.4. The second kappa shape index (κ2) is 10.7. The molecule has 4 aromatic rings. The second-order valence-electron chi connectivity index (χ2n) is 9.95. The van der Waals surface area contributed by atoms with Crippen LogP contribution < -0.4 is 11.5 Å². The molecule has 0 spiro atoms. The number of nitrogen functional groups attached to an aromatic ring is 2. The summed E-state index contributed by atoms with van der Waals surface area (Å²) < 4.78 is 61.2. The zero-order valence-electron chi connectivity index (χ0n) is 22.0. The van der Waals surface area contributed by atoms with Crippen LogP contribution in [0.5, 0.6) is 0 Å². The topological polar surface area (TPSA) is 310 Å². The normalized spacial score (nSPS) is 38.3. The first kappa shape index (κ1) is 29.5. The molecule has 0 aromatic carbocycles. The van der Waals surface area contributed by atoms with Crippen LogP contribution in [0, 0.1) is 0 Å². The first-order chi connectivity index (χ1) is 20.9. The van der Waals surface area contributed by atoms with Gasteiger partial charge in [-0.3, -0.25) is 27.2 Å². The van der Waals surface area contributed by atoms with E-state index in [-0.39, 0.29) is 34.0 Å². The Hall–Kier alpha value is -3.24. The van der Waals surface area contributed by atoms with Gasteiger partial charge in [-0.15, -0.1) is 0 Å². The molecule has 24 heteroatoms. The highest BCUT2D eigenvalue weighted by Gasteiger charge is 2.54. The van der Waals surface area contributed by atoms with Gasteiger partial charge in [0.15, 0.2) is 35.4 Å². The van der Waals surface area contributed by atoms with Gasteiger partial charge in [-0.05, 0) is 0 Å². The largest absolute Gasteiger partial charge is 0.472 e. The van der Waals surface area contributed by atoms with Gasteiger partial charge in [0.25, 0.3) is 0 Å². The molecule has 2 unspecified atom stereocenters. The molecule has 3 saturated heterocycles. The Labute approximate surface area is 244 Å². The lowest BCUT2D eigenvalue weighted by Crippen LogP contribution is -2.39. The molecule has 3 aliphatic rings. The van der Waals surface area contributed by atoms with Gasteiger partial charge in [0.05, 0.1) is 25.9 Å². The third-order valence-electron chi connectivity index (χ3n) is 7.26. The van der Waals surface area contributed by atoms with Gasteiger partial charge in [0, 0.05) is 0 Å². The number of anilines is 2. The highest BCUT2D eigenvalue weighted by atomic mass is 31.2. The van der Waals surface area contributed by atoms with E-state index in [9.17, 15) is 29.1 Å². The number of nitrogens with zero attached hydrogens (tertiary/aromatic N) is 8. The molecule has 8 N–H and O–H groups in total. The lowest BCUT2D eigenvalue weighted by molar-refractivity contribution is -0.0664. The van der Waals surface area contributed by atoms with Crippen molar-refractivity contribution < 1.29 is 56.7 Å². The van der Waals surface area contributed by atoms with E-state index < -0.39 is 77.9 Å². The predicted octanol–water partition coefficient (Wildman–Crippen LogP) is -1.63. The number of rotatable bonds is 2. The summed E-state index contributed by atoms with van der Waals surface area (Å²) in [6, 6.07) is 0. The van der Waals surface area contributed by atoms with Crippen LogP contribution in [0.4, 0.5) is 11.6 Å². The molecule has 0 saturated carbocycles. The Bertz CT molecular complexity index is 1690. The Kier molecular flexibility index (Phi) is 7.16. The van der Waals surface area contributed by atoms with E-state index in [1.165, 1.54) is 21.8 Å². The molecular weight excluding hydrogens is 634 g/mol. The highest BCUT2D eigenvalue weighted by Crippen LogP contribution is 2.53. The van der Waals surface area contributed by atoms with Crippen molar-refractivity contribution in [3.05, 3.63) is 25.3 Å². The maximum atomic E-state index is 13.1. The Balaban J connectivity index is 1.17. The summed E-state index contributed by atoms with van der Waals surface area (Å²) >= 11 is 0. The molecule has 0 aliphatic carbocycles. The number of fused-ring (bicyclic) bond motifs is 4. The van der Waals surface area contributed by atoms with E-state index in [2.05, 4.69) is 29.9 Å². The predicted molar refractivity (Wildman–Crippen MR) is 141 cm³/mol. The van der Waals surface area contributed by atoms with Gasteiger partial charge in [-0.1, -0.05) is 0 Å². The first-order valence-corrected chi connectivity index (χ1v) is 15.8. The molecule has 7 heterocycles. The van der Waals surface area contributed by atoms with Crippen molar-refractivity contribution >= 4 is 49.6 Å². The lowest BCUT2D eigenvalue weighted by atomic mass is 10.1. The van der Waals surface area contributed by atoms with Crippen LogP contribution in [0.1, 0.15) is 12.5 Å². The lowest BCUT2D eigenvalue weighted by Gasteiger charge is -2.27. The third-order valence-corrected chi connectivity index (χ3v) is 9.23. The molecule has 0 bridgehead atoms. The van der Waals surface area contributed by atoms with Gasteiger partial charge in [-0.25, -0.2) is 39.0 Å². The maximum absolute atomic E-state index is 13.1. The summed E-state index contributed by atoms with van der Waals surface area (Å²) in [6.07, 6.45) is -7.30. The van der Waals surface area contributed by atoms with Crippen LogP contribution in [0.3, 0.4) is 0 Å². The number of aliphatic hydroxyl groups is 2. The van der Waals surface area contributed by atoms with E-state index in [4.69, 9.17) is 39.0 Å². The number of nitrogens with two attached hydrogens (primary N) is 2. The number of aliphatic hydroxyl groups excluding tert-OH is 2. The average Bonchev–Trinajstić information content (AvgIpc) is 3.73. The van der Waals surface area contributed by atoms with Crippen molar-refractivity contribution in [2.75, 3.05) is 24.7 Å². The summed E-state index contributed by atoms with van der Waals surface area (Å²) in [4.78, 5) is 45.3. The van der Waals surface area contributed by atoms with Crippen LogP contribution in [0.15, 0.2) is 25.3 Å². The van der Waals surface area contributed by atoms with E-state index in [0.29, 0.717) is 0 Å². The van der Waals surface area contributed by atoms with Gasteiger partial charge < -0.3 is 40.9 Å². The fourth-order valence-corrected chi connectivity index (χ4v) is 7.17. The van der Waals surface area contributed by atoms with Crippen molar-refractivity contribution in [1.82, 2.24) is 39.0 Å². The summed E-state index contributed by atoms with van der Waals surface area (Å²) in [6.45, 7) is -1.56. The van der Waals surface area contributed by atoms with Crippen LogP contribution in [-0.2, 0) is 36.7 Å². The fraction of sp³-hybridized carbons (Fsp3) is 0.500. The van der Waals surface area contributed by atoms with Gasteiger partial charge in [0.1, 0.15) is 60.3 Å². The van der Waals surface area contributed by atoms with Crippen LogP contribution in [-0.4, -0.2) is 109 Å². The molecule has 10 atom stereocenters. The molecule has 0 radical (unpaired) electrons. The SMILES string of the molecule is Nc1ncnc2c1ncn2[C@@H]1O[C@H]2COP(=O)(O)O[C@H]3[C@H](O)[C@H](n4cnc5c(N)ncnc54)O[C@H]3COP(=O)(O)O[C@H]2[C@H]1O. The first-order valence-electron chi connectivity index (χ1n) is 12.8. The van der Waals surface area contributed by atoms with E-state index in [1.54, 1.807) is 0 Å². The zero-order valence-corrected chi connectivity index (χ0v) is 23.8. The van der Waals surface area contributed by atoms with Gasteiger partial charge in [0.2, 0.25) is 0 Å². The zero-order chi connectivity index (χ0) is 31.0. The molecule has 236 valence electrons. The minimum absolute atomic E-state index is 0.0507. The Morgan fingerprint density at radius 3 is 1.52 bits per heavy atom. The van der Waals surface area contributed by atoms with Gasteiger partial charge >= 0.3 is 15.6 Å². The molecule has 0 amide bonds. The molecule has 3 aliphatic heterocycles. The van der Waals surface area contributed by atoms with Crippen LogP contribution in [0.2, 0.25) is 0 Å². The third kappa shape index (κ3) is 5.04. The smallest absolute Gasteiger partial charge is 0.386 e. The van der Waals surface area contributed by atoms with Gasteiger partial charge in [-0.2, -0.15) is 0 Å². The molecule has 4 aromatic heterocycles. The fourth-order valence-electron chi connectivity index (χ4n) is 5.24. The summed E-state index contributed by atoms with van der Waals surface area (Å²) in [5.74, 6) is 0.101. The number of hydrogen-bond acceptors (Lipinski definition) is 18. The number of phosphoric acid groups is 2. The molecule has 44 heavy (non-hydrogen) atoms. The van der Waals surface area contributed by atoms with Crippen molar-refractivity contribution in [2.24, 2.45) is 0 Å². The summed E-state index contributed by atoms with van der Waals surface area (Å²) in [7, 11) is -10.0.